The Morgan fingerprint density at radius 1 is 1.21 bits per heavy atom. The van der Waals surface area contributed by atoms with E-state index >= 15 is 0 Å². The summed E-state index contributed by atoms with van der Waals surface area (Å²) in [6, 6.07) is 8.32. The molecule has 0 aliphatic carbocycles. The van der Waals surface area contributed by atoms with Crippen molar-refractivity contribution in [1.82, 2.24) is 14.8 Å². The number of carbonyl (C=O) groups is 3. The van der Waals surface area contributed by atoms with Crippen molar-refractivity contribution in [2.24, 2.45) is 0 Å². The van der Waals surface area contributed by atoms with E-state index in [1.165, 1.54) is 18.0 Å². The standard InChI is InChI=1S/C19H21N3O6/c1-21(11-16(23)22-6-8-27-9-7-22)17(24)12-28-19(26)15-10-13-4-2-3-5-14(13)18(25)20-15/h2-5,10H,6-9,11-12H2,1H3,(H,20,25). The van der Waals surface area contributed by atoms with Gasteiger partial charge in [-0.1, -0.05) is 18.2 Å². The lowest BCUT2D eigenvalue weighted by Gasteiger charge is -2.28. The Morgan fingerprint density at radius 3 is 2.68 bits per heavy atom. The lowest BCUT2D eigenvalue weighted by atomic mass is 10.1. The van der Waals surface area contributed by atoms with Gasteiger partial charge in [-0.05, 0) is 17.5 Å². The summed E-state index contributed by atoms with van der Waals surface area (Å²) in [5.74, 6) is -1.52. The number of nitrogens with zero attached hydrogens (tertiary/aromatic N) is 2. The largest absolute Gasteiger partial charge is 0.451 e. The summed E-state index contributed by atoms with van der Waals surface area (Å²) >= 11 is 0. The van der Waals surface area contributed by atoms with Crippen molar-refractivity contribution in [3.05, 3.63) is 46.4 Å². The topological polar surface area (TPSA) is 109 Å². The predicted octanol–water partition coefficient (Wildman–Crippen LogP) is 0.00210. The van der Waals surface area contributed by atoms with Gasteiger partial charge in [0.15, 0.2) is 6.61 Å². The van der Waals surface area contributed by atoms with Gasteiger partial charge in [0.2, 0.25) is 5.91 Å². The van der Waals surface area contributed by atoms with Gasteiger partial charge in [0, 0.05) is 25.5 Å². The van der Waals surface area contributed by atoms with E-state index in [9.17, 15) is 19.2 Å². The molecule has 1 fully saturated rings. The Labute approximate surface area is 160 Å². The Kier molecular flexibility index (Phi) is 6.05. The summed E-state index contributed by atoms with van der Waals surface area (Å²) in [5.41, 5.74) is -0.451. The first-order valence-electron chi connectivity index (χ1n) is 8.84. The molecule has 1 aliphatic rings. The third-order valence-corrected chi connectivity index (χ3v) is 4.46. The van der Waals surface area contributed by atoms with Gasteiger partial charge < -0.3 is 24.3 Å². The van der Waals surface area contributed by atoms with Gasteiger partial charge in [-0.15, -0.1) is 0 Å². The number of likely N-dealkylation sites (N-methyl/N-ethyl adjacent to an activating group) is 1. The summed E-state index contributed by atoms with van der Waals surface area (Å²) in [6.45, 7) is 1.30. The monoisotopic (exact) mass is 387 g/mol. The quantitative estimate of drug-likeness (QED) is 0.724. The van der Waals surface area contributed by atoms with E-state index in [1.807, 2.05) is 0 Å². The molecule has 1 N–H and O–H groups in total. The van der Waals surface area contributed by atoms with Crippen molar-refractivity contribution in [3.8, 4) is 0 Å². The zero-order chi connectivity index (χ0) is 20.1. The minimum Gasteiger partial charge on any atom is -0.451 e. The molecule has 0 unspecified atom stereocenters. The van der Waals surface area contributed by atoms with Crippen LogP contribution in [0.4, 0.5) is 0 Å². The van der Waals surface area contributed by atoms with Crippen LogP contribution in [0.25, 0.3) is 10.8 Å². The van der Waals surface area contributed by atoms with Crippen molar-refractivity contribution >= 4 is 28.6 Å². The smallest absolute Gasteiger partial charge is 0.355 e. The molecule has 0 radical (unpaired) electrons. The molecule has 1 aromatic carbocycles. The second-order valence-electron chi connectivity index (χ2n) is 6.42. The number of rotatable bonds is 5. The molecule has 0 spiro atoms. The maximum absolute atomic E-state index is 12.2. The molecule has 148 valence electrons. The van der Waals surface area contributed by atoms with Gasteiger partial charge in [-0.25, -0.2) is 4.79 Å². The van der Waals surface area contributed by atoms with Crippen molar-refractivity contribution in [2.75, 3.05) is 46.5 Å². The van der Waals surface area contributed by atoms with Crippen LogP contribution in [0.2, 0.25) is 0 Å². The van der Waals surface area contributed by atoms with E-state index in [0.29, 0.717) is 37.1 Å². The summed E-state index contributed by atoms with van der Waals surface area (Å²) in [4.78, 5) is 53.8. The minimum absolute atomic E-state index is 0.0384. The van der Waals surface area contributed by atoms with Gasteiger partial charge in [0.1, 0.15) is 5.69 Å². The summed E-state index contributed by atoms with van der Waals surface area (Å²) in [5, 5.41) is 1.05. The molecule has 1 aromatic heterocycles. The van der Waals surface area contributed by atoms with Gasteiger partial charge in [-0.2, -0.15) is 0 Å². The second-order valence-corrected chi connectivity index (χ2v) is 6.42. The number of carbonyl (C=O) groups excluding carboxylic acids is 3. The molecule has 2 heterocycles. The highest BCUT2D eigenvalue weighted by Crippen LogP contribution is 2.10. The molecule has 3 rings (SSSR count). The van der Waals surface area contributed by atoms with Crippen molar-refractivity contribution in [3.63, 3.8) is 0 Å². The lowest BCUT2D eigenvalue weighted by molar-refractivity contribution is -0.143. The Bertz CT molecular complexity index is 948. The summed E-state index contributed by atoms with van der Waals surface area (Å²) in [6.07, 6.45) is 0. The number of esters is 1. The van der Waals surface area contributed by atoms with Crippen LogP contribution >= 0.6 is 0 Å². The molecule has 2 amide bonds. The van der Waals surface area contributed by atoms with E-state index in [0.717, 1.165) is 0 Å². The Hall–Kier alpha value is -3.20. The minimum atomic E-state index is -0.816. The fraction of sp³-hybridized carbons (Fsp3) is 0.368. The first kappa shape index (κ1) is 19.6. The van der Waals surface area contributed by atoms with E-state index in [1.54, 1.807) is 29.2 Å². The van der Waals surface area contributed by atoms with Gasteiger partial charge >= 0.3 is 5.97 Å². The molecule has 9 heteroatoms. The van der Waals surface area contributed by atoms with Gasteiger partial charge in [-0.3, -0.25) is 14.4 Å². The number of benzene rings is 1. The average molecular weight is 387 g/mol. The van der Waals surface area contributed by atoms with E-state index in [4.69, 9.17) is 9.47 Å². The normalized spacial score (nSPS) is 14.0. The van der Waals surface area contributed by atoms with Crippen LogP contribution in [0.3, 0.4) is 0 Å². The molecule has 9 nitrogen and oxygen atoms in total. The number of morpholine rings is 1. The Balaban J connectivity index is 1.55. The van der Waals surface area contributed by atoms with E-state index < -0.39 is 24.0 Å². The number of pyridine rings is 1. The van der Waals surface area contributed by atoms with Crippen LogP contribution in [-0.2, 0) is 19.1 Å². The zero-order valence-corrected chi connectivity index (χ0v) is 15.5. The zero-order valence-electron chi connectivity index (χ0n) is 15.5. The number of H-pyrrole nitrogens is 1. The number of amides is 2. The molecule has 1 saturated heterocycles. The lowest BCUT2D eigenvalue weighted by Crippen LogP contribution is -2.46. The van der Waals surface area contributed by atoms with Crippen molar-refractivity contribution in [2.45, 2.75) is 0 Å². The number of fused-ring (bicyclic) bond motifs is 1. The average Bonchev–Trinajstić information content (AvgIpc) is 2.72. The van der Waals surface area contributed by atoms with Crippen LogP contribution < -0.4 is 5.56 Å². The molecule has 0 saturated carbocycles. The molecule has 0 bridgehead atoms. The van der Waals surface area contributed by atoms with Crippen LogP contribution in [0, 0.1) is 0 Å². The molecular weight excluding hydrogens is 366 g/mol. The predicted molar refractivity (Wildman–Crippen MR) is 99.9 cm³/mol. The third-order valence-electron chi connectivity index (χ3n) is 4.46. The third kappa shape index (κ3) is 4.55. The van der Waals surface area contributed by atoms with Gasteiger partial charge in [0.25, 0.3) is 11.5 Å². The van der Waals surface area contributed by atoms with Gasteiger partial charge in [0.05, 0.1) is 19.8 Å². The fourth-order valence-corrected chi connectivity index (χ4v) is 2.84. The number of aromatic nitrogens is 1. The van der Waals surface area contributed by atoms with E-state index in [-0.39, 0.29) is 18.1 Å². The number of ether oxygens (including phenoxy) is 2. The number of nitrogens with one attached hydrogen (secondary N) is 1. The van der Waals surface area contributed by atoms with Crippen LogP contribution in [0.5, 0.6) is 0 Å². The highest BCUT2D eigenvalue weighted by atomic mass is 16.5. The van der Waals surface area contributed by atoms with E-state index in [2.05, 4.69) is 4.98 Å². The molecule has 2 aromatic rings. The number of aromatic amines is 1. The highest BCUT2D eigenvalue weighted by Gasteiger charge is 2.21. The summed E-state index contributed by atoms with van der Waals surface area (Å²) < 4.78 is 10.2. The fourth-order valence-electron chi connectivity index (χ4n) is 2.84. The van der Waals surface area contributed by atoms with Crippen molar-refractivity contribution < 1.29 is 23.9 Å². The van der Waals surface area contributed by atoms with Crippen LogP contribution in [0.15, 0.2) is 35.1 Å². The maximum Gasteiger partial charge on any atom is 0.355 e. The second kappa shape index (κ2) is 8.66. The molecular formula is C19H21N3O6. The van der Waals surface area contributed by atoms with Crippen molar-refractivity contribution in [1.29, 1.82) is 0 Å². The SMILES string of the molecule is CN(CC(=O)N1CCOCC1)C(=O)COC(=O)c1cc2ccccc2c(=O)[nH]1. The summed E-state index contributed by atoms with van der Waals surface area (Å²) in [7, 11) is 1.46. The first-order chi connectivity index (χ1) is 13.5. The number of hydrogen-bond donors (Lipinski definition) is 1. The maximum atomic E-state index is 12.2. The highest BCUT2D eigenvalue weighted by molar-refractivity contribution is 5.94. The first-order valence-corrected chi connectivity index (χ1v) is 8.84. The number of hydrogen-bond acceptors (Lipinski definition) is 6. The molecule has 1 aliphatic heterocycles. The Morgan fingerprint density at radius 2 is 1.93 bits per heavy atom. The van der Waals surface area contributed by atoms with Crippen LogP contribution in [-0.4, -0.2) is 79.1 Å². The molecule has 28 heavy (non-hydrogen) atoms. The van der Waals surface area contributed by atoms with Crippen LogP contribution in [0.1, 0.15) is 10.5 Å². The molecule has 0 atom stereocenters.